The first kappa shape index (κ1) is 17.2. The highest BCUT2D eigenvalue weighted by Gasteiger charge is 2.35. The molecule has 0 aliphatic rings. The second-order valence-corrected chi connectivity index (χ2v) is 4.39. The Morgan fingerprint density at radius 2 is 2.00 bits per heavy atom. The van der Waals surface area contributed by atoms with Crippen molar-refractivity contribution in [3.8, 4) is 0 Å². The number of aliphatic hydroxyl groups is 2. The molecule has 0 radical (unpaired) electrons. The molecule has 1 rings (SSSR count). The van der Waals surface area contributed by atoms with Crippen LogP contribution < -0.4 is 10.5 Å². The average molecular weight is 309 g/mol. The number of carbonyl (C=O) groups is 1. The summed E-state index contributed by atoms with van der Waals surface area (Å²) in [4.78, 5) is 11.5. The largest absolute Gasteiger partial charge is 0.733 e. The fourth-order valence-corrected chi connectivity index (χ4v) is 1.35. The Kier molecular flexibility index (Phi) is 4.79. The van der Waals surface area contributed by atoms with E-state index in [4.69, 9.17) is 10.3 Å². The van der Waals surface area contributed by atoms with Crippen LogP contribution in [0.15, 0.2) is 18.2 Å². The van der Waals surface area contributed by atoms with E-state index in [1.54, 1.807) is 0 Å². The SMILES string of the molecule is CC(O)(CO)C(=O)Nc1ccc(N([O-])O)c(C(F)(F)F)c1. The molecule has 1 atom stereocenters. The molecule has 0 aromatic heterocycles. The fourth-order valence-electron chi connectivity index (χ4n) is 1.35. The number of amides is 1. The number of halogens is 3. The minimum Gasteiger partial charge on any atom is -0.733 e. The molecule has 0 aliphatic carbocycles. The third-order valence-corrected chi connectivity index (χ3v) is 2.56. The van der Waals surface area contributed by atoms with Crippen molar-refractivity contribution in [2.45, 2.75) is 18.7 Å². The van der Waals surface area contributed by atoms with Crippen molar-refractivity contribution in [3.05, 3.63) is 29.0 Å². The molecule has 0 spiro atoms. The predicted molar refractivity (Wildman–Crippen MR) is 65.4 cm³/mol. The van der Waals surface area contributed by atoms with E-state index in [-0.39, 0.29) is 5.69 Å². The molecule has 0 saturated carbocycles. The molecule has 1 aromatic rings. The zero-order valence-electron chi connectivity index (χ0n) is 10.7. The Balaban J connectivity index is 3.15. The Hall–Kier alpha value is -1.88. The van der Waals surface area contributed by atoms with Crippen LogP contribution in [0.5, 0.6) is 0 Å². The number of alkyl halides is 3. The highest BCUT2D eigenvalue weighted by molar-refractivity contribution is 5.97. The number of rotatable bonds is 4. The molecule has 0 bridgehead atoms. The van der Waals surface area contributed by atoms with Crippen LogP contribution in [-0.2, 0) is 11.0 Å². The first-order chi connectivity index (χ1) is 9.49. The Labute approximate surface area is 116 Å². The molecule has 1 amide bonds. The summed E-state index contributed by atoms with van der Waals surface area (Å²) in [6.45, 7) is 0.0303. The van der Waals surface area contributed by atoms with Gasteiger partial charge in [-0.15, -0.1) is 0 Å². The van der Waals surface area contributed by atoms with Gasteiger partial charge in [0.15, 0.2) is 5.60 Å². The van der Waals surface area contributed by atoms with Crippen LogP contribution in [0.1, 0.15) is 12.5 Å². The van der Waals surface area contributed by atoms with Crippen LogP contribution in [0.3, 0.4) is 0 Å². The van der Waals surface area contributed by atoms with Gasteiger partial charge in [-0.3, -0.25) is 10.0 Å². The van der Waals surface area contributed by atoms with E-state index in [0.717, 1.165) is 13.0 Å². The van der Waals surface area contributed by atoms with Gasteiger partial charge >= 0.3 is 6.18 Å². The highest BCUT2D eigenvalue weighted by Crippen LogP contribution is 2.37. The average Bonchev–Trinajstić information content (AvgIpc) is 2.37. The molecule has 0 aliphatic heterocycles. The highest BCUT2D eigenvalue weighted by atomic mass is 19.4. The van der Waals surface area contributed by atoms with Gasteiger partial charge < -0.3 is 26.0 Å². The van der Waals surface area contributed by atoms with Crippen molar-refractivity contribution in [2.75, 3.05) is 17.2 Å². The number of anilines is 2. The molecule has 1 aromatic carbocycles. The lowest BCUT2D eigenvalue weighted by Gasteiger charge is -2.26. The van der Waals surface area contributed by atoms with Crippen LogP contribution in [-0.4, -0.2) is 33.5 Å². The summed E-state index contributed by atoms with van der Waals surface area (Å²) in [6, 6.07) is 2.00. The molecule has 7 nitrogen and oxygen atoms in total. The smallest absolute Gasteiger partial charge is 0.418 e. The van der Waals surface area contributed by atoms with E-state index in [9.17, 15) is 28.3 Å². The van der Waals surface area contributed by atoms with Gasteiger partial charge in [0.1, 0.15) is 0 Å². The lowest BCUT2D eigenvalue weighted by Crippen LogP contribution is -2.43. The van der Waals surface area contributed by atoms with E-state index in [2.05, 4.69) is 0 Å². The third kappa shape index (κ3) is 4.04. The van der Waals surface area contributed by atoms with Gasteiger partial charge in [0.05, 0.1) is 17.9 Å². The van der Waals surface area contributed by atoms with Gasteiger partial charge in [-0.2, -0.15) is 13.2 Å². The molecule has 4 N–H and O–H groups in total. The number of nitrogens with zero attached hydrogens (tertiary/aromatic N) is 1. The van der Waals surface area contributed by atoms with E-state index < -0.39 is 40.8 Å². The standard InChI is InChI=1S/C11H12F3N2O5/c1-10(19,5-17)9(18)15-6-2-3-8(16(20)21)7(4-6)11(12,13)14/h2-4,17,19-20H,5H2,1H3,(H,15,18)/q-1. The molecular weight excluding hydrogens is 297 g/mol. The number of carbonyl (C=O) groups excluding carboxylic acids is 1. The summed E-state index contributed by atoms with van der Waals surface area (Å²) in [5, 5.41) is 38.5. The maximum absolute atomic E-state index is 12.7. The molecule has 118 valence electrons. The first-order valence-corrected chi connectivity index (χ1v) is 5.51. The molecule has 1 unspecified atom stereocenters. The maximum atomic E-state index is 12.7. The Morgan fingerprint density at radius 1 is 1.43 bits per heavy atom. The van der Waals surface area contributed by atoms with Crippen molar-refractivity contribution < 1.29 is 33.4 Å². The first-order valence-electron chi connectivity index (χ1n) is 5.51. The Morgan fingerprint density at radius 3 is 2.43 bits per heavy atom. The molecule has 21 heavy (non-hydrogen) atoms. The summed E-state index contributed by atoms with van der Waals surface area (Å²) in [7, 11) is 0. The normalized spacial score (nSPS) is 14.5. The second-order valence-electron chi connectivity index (χ2n) is 4.39. The van der Waals surface area contributed by atoms with Crippen LogP contribution in [0.4, 0.5) is 24.5 Å². The van der Waals surface area contributed by atoms with Crippen molar-refractivity contribution in [3.63, 3.8) is 0 Å². The van der Waals surface area contributed by atoms with Gasteiger partial charge in [0.2, 0.25) is 0 Å². The van der Waals surface area contributed by atoms with Crippen LogP contribution >= 0.6 is 0 Å². The number of hydrogen-bond acceptors (Lipinski definition) is 6. The zero-order valence-corrected chi connectivity index (χ0v) is 10.7. The van der Waals surface area contributed by atoms with E-state index >= 15 is 0 Å². The van der Waals surface area contributed by atoms with Crippen molar-refractivity contribution in [1.29, 1.82) is 0 Å². The molecule has 0 fully saturated rings. The summed E-state index contributed by atoms with van der Waals surface area (Å²) < 4.78 is 38.2. The summed E-state index contributed by atoms with van der Waals surface area (Å²) >= 11 is 0. The minimum atomic E-state index is -4.94. The maximum Gasteiger partial charge on any atom is 0.418 e. The van der Waals surface area contributed by atoms with Crippen LogP contribution in [0.25, 0.3) is 0 Å². The molecular formula is C11H12F3N2O5-. The molecule has 0 saturated heterocycles. The van der Waals surface area contributed by atoms with E-state index in [0.29, 0.717) is 12.1 Å². The van der Waals surface area contributed by atoms with Gasteiger partial charge in [-0.25, -0.2) is 0 Å². The number of nitrogens with one attached hydrogen (secondary N) is 1. The van der Waals surface area contributed by atoms with Crippen LogP contribution in [0.2, 0.25) is 0 Å². The lowest BCUT2D eigenvalue weighted by molar-refractivity contribution is -0.138. The van der Waals surface area contributed by atoms with Crippen molar-refractivity contribution in [2.24, 2.45) is 0 Å². The van der Waals surface area contributed by atoms with Gasteiger partial charge in [-0.1, -0.05) is 0 Å². The second kappa shape index (κ2) is 5.85. The number of hydrogen-bond donors (Lipinski definition) is 4. The van der Waals surface area contributed by atoms with Crippen molar-refractivity contribution >= 4 is 17.3 Å². The van der Waals surface area contributed by atoms with E-state index in [1.807, 2.05) is 5.32 Å². The topological polar surface area (TPSA) is 116 Å². The number of benzene rings is 1. The third-order valence-electron chi connectivity index (χ3n) is 2.56. The fraction of sp³-hybridized carbons (Fsp3) is 0.364. The lowest BCUT2D eigenvalue weighted by atomic mass is 10.1. The van der Waals surface area contributed by atoms with Gasteiger partial charge in [-0.05, 0) is 25.1 Å². The predicted octanol–water partition coefficient (Wildman–Crippen LogP) is 1.08. The number of aliphatic hydroxyl groups excluding tert-OH is 1. The monoisotopic (exact) mass is 309 g/mol. The van der Waals surface area contributed by atoms with Crippen molar-refractivity contribution in [1.82, 2.24) is 0 Å². The molecule has 0 heterocycles. The summed E-state index contributed by atoms with van der Waals surface area (Å²) in [6.07, 6.45) is -4.94. The molecule has 10 heteroatoms. The Bertz CT molecular complexity index is 531. The van der Waals surface area contributed by atoms with E-state index in [1.165, 1.54) is 0 Å². The van der Waals surface area contributed by atoms with Crippen LogP contribution in [0, 0.1) is 5.21 Å². The quantitative estimate of drug-likeness (QED) is 0.619. The minimum absolute atomic E-state index is 0.369. The summed E-state index contributed by atoms with van der Waals surface area (Å²) in [5.74, 6) is -1.13. The van der Waals surface area contributed by atoms with Gasteiger partial charge in [0, 0.05) is 5.69 Å². The zero-order chi connectivity index (χ0) is 16.4. The van der Waals surface area contributed by atoms with Gasteiger partial charge in [0.25, 0.3) is 5.91 Å². The summed E-state index contributed by atoms with van der Waals surface area (Å²) in [5.41, 5.74) is -5.07.